The lowest BCUT2D eigenvalue weighted by Crippen LogP contribution is -2.33. The molecule has 0 saturated heterocycles. The molecule has 0 aliphatic heterocycles. The maximum absolute atomic E-state index is 11.1. The number of rotatable bonds is 4. The first-order valence-electron chi connectivity index (χ1n) is 4.96. The molecular formula is C10H21NO3. The van der Waals surface area contributed by atoms with E-state index >= 15 is 0 Å². The van der Waals surface area contributed by atoms with E-state index in [-0.39, 0.29) is 6.10 Å². The predicted octanol–water partition coefficient (Wildman–Crippen LogP) is 1.67. The van der Waals surface area contributed by atoms with E-state index in [4.69, 9.17) is 9.84 Å². The number of carbonyl (C=O) groups is 1. The third kappa shape index (κ3) is 9.32. The average molecular weight is 203 g/mol. The van der Waals surface area contributed by atoms with Crippen LogP contribution >= 0.6 is 0 Å². The minimum absolute atomic E-state index is 0.310. The summed E-state index contributed by atoms with van der Waals surface area (Å²) >= 11 is 0. The first kappa shape index (κ1) is 13.2. The number of aliphatic hydroxyl groups excluding tert-OH is 1. The Morgan fingerprint density at radius 2 is 2.07 bits per heavy atom. The zero-order chi connectivity index (χ0) is 11.2. The Labute approximate surface area is 85.6 Å². The van der Waals surface area contributed by atoms with Crippen LogP contribution in [0.3, 0.4) is 0 Å². The number of aliphatic hydroxyl groups is 1. The summed E-state index contributed by atoms with van der Waals surface area (Å²) in [5.74, 6) is 0. The minimum Gasteiger partial charge on any atom is -0.444 e. The molecule has 4 nitrogen and oxygen atoms in total. The van der Waals surface area contributed by atoms with Gasteiger partial charge in [0.05, 0.1) is 6.10 Å². The van der Waals surface area contributed by atoms with Crippen LogP contribution in [0.25, 0.3) is 0 Å². The van der Waals surface area contributed by atoms with Crippen LogP contribution in [0.4, 0.5) is 4.79 Å². The Morgan fingerprint density at radius 3 is 2.50 bits per heavy atom. The quantitative estimate of drug-likeness (QED) is 0.683. The molecule has 0 aliphatic carbocycles. The number of nitrogens with one attached hydrogen (secondary N) is 1. The highest BCUT2D eigenvalue weighted by Gasteiger charge is 2.15. The van der Waals surface area contributed by atoms with E-state index in [9.17, 15) is 4.79 Å². The highest BCUT2D eigenvalue weighted by atomic mass is 16.6. The normalized spacial score (nSPS) is 13.5. The van der Waals surface area contributed by atoms with Gasteiger partial charge in [-0.25, -0.2) is 4.79 Å². The van der Waals surface area contributed by atoms with Crippen LogP contribution in [0.1, 0.15) is 40.5 Å². The molecule has 14 heavy (non-hydrogen) atoms. The van der Waals surface area contributed by atoms with E-state index in [0.29, 0.717) is 13.0 Å². The molecular weight excluding hydrogens is 182 g/mol. The van der Waals surface area contributed by atoms with Crippen molar-refractivity contribution >= 4 is 6.09 Å². The Balaban J connectivity index is 3.46. The molecule has 0 spiro atoms. The summed E-state index contributed by atoms with van der Waals surface area (Å²) in [7, 11) is 0. The van der Waals surface area contributed by atoms with Gasteiger partial charge in [-0.2, -0.15) is 0 Å². The van der Waals surface area contributed by atoms with Gasteiger partial charge < -0.3 is 15.2 Å². The van der Waals surface area contributed by atoms with E-state index in [1.165, 1.54) is 0 Å². The molecule has 0 rings (SSSR count). The Bertz CT molecular complexity index is 173. The molecule has 0 heterocycles. The second-order valence-corrected chi connectivity index (χ2v) is 4.42. The van der Waals surface area contributed by atoms with Gasteiger partial charge in [0.25, 0.3) is 0 Å². The highest BCUT2D eigenvalue weighted by Crippen LogP contribution is 2.06. The van der Waals surface area contributed by atoms with Crippen molar-refractivity contribution in [2.45, 2.75) is 52.2 Å². The third-order valence-corrected chi connectivity index (χ3v) is 1.47. The van der Waals surface area contributed by atoms with Crippen LogP contribution in [0, 0.1) is 0 Å². The number of amides is 1. The Kier molecular flexibility index (Phi) is 5.53. The van der Waals surface area contributed by atoms with E-state index in [1.807, 2.05) is 20.8 Å². The van der Waals surface area contributed by atoms with Crippen molar-refractivity contribution in [3.63, 3.8) is 0 Å². The van der Waals surface area contributed by atoms with Crippen LogP contribution in [0.2, 0.25) is 0 Å². The molecule has 1 amide bonds. The molecule has 0 fully saturated rings. The van der Waals surface area contributed by atoms with Crippen LogP contribution < -0.4 is 5.32 Å². The molecule has 0 aliphatic rings. The SMILES string of the molecule is C[C@H](O)CCCNC(=O)OC(C)(C)C. The van der Waals surface area contributed by atoms with Crippen molar-refractivity contribution in [2.24, 2.45) is 0 Å². The lowest BCUT2D eigenvalue weighted by atomic mass is 10.2. The van der Waals surface area contributed by atoms with Crippen LogP contribution in [-0.2, 0) is 4.74 Å². The second kappa shape index (κ2) is 5.86. The molecule has 0 aromatic carbocycles. The van der Waals surface area contributed by atoms with Crippen molar-refractivity contribution in [1.82, 2.24) is 5.32 Å². The molecule has 0 saturated carbocycles. The molecule has 0 bridgehead atoms. The summed E-state index contributed by atoms with van der Waals surface area (Å²) in [6, 6.07) is 0. The summed E-state index contributed by atoms with van der Waals surface area (Å²) in [5, 5.41) is 11.6. The minimum atomic E-state index is -0.450. The summed E-state index contributed by atoms with van der Waals surface area (Å²) in [6.45, 7) is 7.74. The Morgan fingerprint density at radius 1 is 1.50 bits per heavy atom. The number of ether oxygens (including phenoxy) is 1. The lowest BCUT2D eigenvalue weighted by molar-refractivity contribution is 0.0524. The van der Waals surface area contributed by atoms with Gasteiger partial charge in [-0.15, -0.1) is 0 Å². The molecule has 1 atom stereocenters. The van der Waals surface area contributed by atoms with Gasteiger partial charge in [0, 0.05) is 6.54 Å². The number of hydrogen-bond donors (Lipinski definition) is 2. The van der Waals surface area contributed by atoms with E-state index in [2.05, 4.69) is 5.32 Å². The fourth-order valence-electron chi connectivity index (χ4n) is 0.902. The third-order valence-electron chi connectivity index (χ3n) is 1.47. The smallest absolute Gasteiger partial charge is 0.407 e. The molecule has 84 valence electrons. The number of alkyl carbamates (subject to hydrolysis) is 1. The maximum atomic E-state index is 11.1. The number of hydrogen-bond acceptors (Lipinski definition) is 3. The van der Waals surface area contributed by atoms with Crippen molar-refractivity contribution < 1.29 is 14.6 Å². The average Bonchev–Trinajstić information content (AvgIpc) is 1.94. The van der Waals surface area contributed by atoms with Crippen molar-refractivity contribution in [2.75, 3.05) is 6.54 Å². The second-order valence-electron chi connectivity index (χ2n) is 4.42. The van der Waals surface area contributed by atoms with E-state index < -0.39 is 11.7 Å². The van der Waals surface area contributed by atoms with Gasteiger partial charge in [-0.1, -0.05) is 0 Å². The van der Waals surface area contributed by atoms with E-state index in [1.54, 1.807) is 6.92 Å². The standard InChI is InChI=1S/C10H21NO3/c1-8(12)6-5-7-11-9(13)14-10(2,3)4/h8,12H,5-7H2,1-4H3,(H,11,13)/t8-/m0/s1. The summed E-state index contributed by atoms with van der Waals surface area (Å²) in [4.78, 5) is 11.1. The molecule has 0 radical (unpaired) electrons. The zero-order valence-corrected chi connectivity index (χ0v) is 9.46. The first-order valence-corrected chi connectivity index (χ1v) is 4.96. The monoisotopic (exact) mass is 203 g/mol. The first-order chi connectivity index (χ1) is 6.31. The van der Waals surface area contributed by atoms with Crippen molar-refractivity contribution in [3.05, 3.63) is 0 Å². The van der Waals surface area contributed by atoms with Crippen molar-refractivity contribution in [3.8, 4) is 0 Å². The zero-order valence-electron chi connectivity index (χ0n) is 9.46. The fourth-order valence-corrected chi connectivity index (χ4v) is 0.902. The maximum Gasteiger partial charge on any atom is 0.407 e. The van der Waals surface area contributed by atoms with Crippen molar-refractivity contribution in [1.29, 1.82) is 0 Å². The van der Waals surface area contributed by atoms with Gasteiger partial charge >= 0.3 is 6.09 Å². The van der Waals surface area contributed by atoms with Crippen LogP contribution in [-0.4, -0.2) is 29.4 Å². The topological polar surface area (TPSA) is 58.6 Å². The van der Waals surface area contributed by atoms with Gasteiger partial charge in [-0.3, -0.25) is 0 Å². The van der Waals surface area contributed by atoms with Crippen LogP contribution in [0.15, 0.2) is 0 Å². The summed E-state index contributed by atoms with van der Waals surface area (Å²) in [5.41, 5.74) is -0.450. The van der Waals surface area contributed by atoms with E-state index in [0.717, 1.165) is 6.42 Å². The fraction of sp³-hybridized carbons (Fsp3) is 0.900. The van der Waals surface area contributed by atoms with Gasteiger partial charge in [0.1, 0.15) is 5.60 Å². The molecule has 4 heteroatoms. The summed E-state index contributed by atoms with van der Waals surface area (Å²) < 4.78 is 5.03. The highest BCUT2D eigenvalue weighted by molar-refractivity contribution is 5.67. The van der Waals surface area contributed by atoms with Gasteiger partial charge in [0.15, 0.2) is 0 Å². The largest absolute Gasteiger partial charge is 0.444 e. The molecule has 2 N–H and O–H groups in total. The molecule has 0 aromatic heterocycles. The van der Waals surface area contributed by atoms with Crippen LogP contribution in [0.5, 0.6) is 0 Å². The predicted molar refractivity (Wildman–Crippen MR) is 55.2 cm³/mol. The van der Waals surface area contributed by atoms with Gasteiger partial charge in [0.2, 0.25) is 0 Å². The van der Waals surface area contributed by atoms with Gasteiger partial charge in [-0.05, 0) is 40.5 Å². The molecule has 0 aromatic rings. The molecule has 0 unspecified atom stereocenters. The Hall–Kier alpha value is -0.770. The number of carbonyl (C=O) groups excluding carboxylic acids is 1. The summed E-state index contributed by atoms with van der Waals surface area (Å²) in [6.07, 6.45) is 0.741. The lowest BCUT2D eigenvalue weighted by Gasteiger charge is -2.19.